The molecule has 0 radical (unpaired) electrons. The van der Waals surface area contributed by atoms with Crippen molar-refractivity contribution < 1.29 is 14.8 Å². The summed E-state index contributed by atoms with van der Waals surface area (Å²) in [5.74, 6) is 0.236. The highest BCUT2D eigenvalue weighted by Crippen LogP contribution is 2.33. The fourth-order valence-electron chi connectivity index (χ4n) is 3.84. The van der Waals surface area contributed by atoms with Crippen molar-refractivity contribution in [2.45, 2.75) is 13.0 Å². The van der Waals surface area contributed by atoms with E-state index in [0.717, 1.165) is 11.3 Å². The minimum Gasteiger partial charge on any atom is -0.409 e. The van der Waals surface area contributed by atoms with Crippen LogP contribution in [-0.2, 0) is 0 Å². The second-order valence-electron chi connectivity index (χ2n) is 7.63. The quantitative estimate of drug-likeness (QED) is 0.167. The van der Waals surface area contributed by atoms with Crippen LogP contribution in [0, 0.1) is 10.1 Å². The number of benzene rings is 2. The van der Waals surface area contributed by atoms with E-state index >= 15 is 0 Å². The summed E-state index contributed by atoms with van der Waals surface area (Å²) in [7, 11) is 0. The van der Waals surface area contributed by atoms with Gasteiger partial charge in [0.25, 0.3) is 5.69 Å². The Bertz CT molecular complexity index is 1140. The summed E-state index contributed by atoms with van der Waals surface area (Å²) in [5, 5.41) is 34.9. The van der Waals surface area contributed by atoms with E-state index in [1.807, 2.05) is 42.2 Å². The normalized spacial score (nSPS) is 15.4. The Morgan fingerprint density at radius 3 is 2.55 bits per heavy atom. The smallest absolute Gasteiger partial charge is 0.292 e. The maximum Gasteiger partial charge on any atom is 0.292 e. The van der Waals surface area contributed by atoms with Crippen molar-refractivity contribution in [1.82, 2.24) is 15.2 Å². The van der Waals surface area contributed by atoms with E-state index in [4.69, 9.17) is 5.73 Å². The zero-order chi connectivity index (χ0) is 23.4. The summed E-state index contributed by atoms with van der Waals surface area (Å²) in [6.45, 7) is 4.19. The Morgan fingerprint density at radius 1 is 1.21 bits per heavy atom. The van der Waals surface area contributed by atoms with E-state index in [0.29, 0.717) is 31.9 Å². The molecule has 0 spiro atoms. The first kappa shape index (κ1) is 21.9. The largest absolute Gasteiger partial charge is 0.409 e. The van der Waals surface area contributed by atoms with E-state index in [-0.39, 0.29) is 34.0 Å². The predicted octanol–water partition coefficient (Wildman–Crippen LogP) is 2.69. The van der Waals surface area contributed by atoms with Crippen molar-refractivity contribution in [1.29, 1.82) is 0 Å². The third kappa shape index (κ3) is 4.63. The monoisotopic (exact) mass is 452 g/mol. The highest BCUT2D eigenvalue weighted by Gasteiger charge is 2.27. The molecule has 0 aliphatic carbocycles. The molecule has 0 saturated carbocycles. The van der Waals surface area contributed by atoms with E-state index in [2.05, 4.69) is 30.3 Å². The highest BCUT2D eigenvalue weighted by atomic mass is 16.6. The van der Waals surface area contributed by atoms with Gasteiger partial charge < -0.3 is 26.1 Å². The third-order valence-electron chi connectivity index (χ3n) is 5.61. The van der Waals surface area contributed by atoms with Crippen LogP contribution in [0.5, 0.6) is 0 Å². The molecule has 33 heavy (non-hydrogen) atoms. The van der Waals surface area contributed by atoms with Crippen molar-refractivity contribution in [2.24, 2.45) is 5.16 Å². The van der Waals surface area contributed by atoms with Crippen LogP contribution in [0.25, 0.3) is 0 Å². The maximum absolute atomic E-state index is 11.6. The van der Waals surface area contributed by atoms with Gasteiger partial charge in [0.2, 0.25) is 5.84 Å². The van der Waals surface area contributed by atoms with E-state index in [1.54, 1.807) is 12.1 Å². The minimum atomic E-state index is -0.387. The number of nitro benzene ring substituents is 1. The van der Waals surface area contributed by atoms with Gasteiger partial charge in [-0.05, 0) is 34.9 Å². The second-order valence-corrected chi connectivity index (χ2v) is 7.63. The molecular weight excluding hydrogens is 428 g/mol. The zero-order valence-corrected chi connectivity index (χ0v) is 18.0. The molecule has 4 N–H and O–H groups in total. The van der Waals surface area contributed by atoms with Crippen molar-refractivity contribution in [3.05, 3.63) is 69.9 Å². The number of aromatic nitrogens is 2. The number of nitrogens with two attached hydrogens (primary N) is 1. The van der Waals surface area contributed by atoms with Gasteiger partial charge in [0, 0.05) is 44.0 Å². The summed E-state index contributed by atoms with van der Waals surface area (Å²) in [5.41, 5.74) is 8.26. The molecule has 1 aliphatic rings. The van der Waals surface area contributed by atoms with Gasteiger partial charge in [-0.15, -0.1) is 0 Å². The maximum atomic E-state index is 11.6. The molecule has 3 aromatic rings. The second kappa shape index (κ2) is 9.42. The number of amidine groups is 1. The number of nitrogens with one attached hydrogen (secondary N) is 1. The molecule has 2 aromatic carbocycles. The van der Waals surface area contributed by atoms with Gasteiger partial charge >= 0.3 is 0 Å². The number of hydrogen-bond donors (Lipinski definition) is 3. The predicted molar refractivity (Wildman–Crippen MR) is 122 cm³/mol. The number of nitrogens with zero attached hydrogens (tertiary/aromatic N) is 6. The summed E-state index contributed by atoms with van der Waals surface area (Å²) in [6, 6.07) is 14.7. The van der Waals surface area contributed by atoms with Crippen LogP contribution in [0.4, 0.5) is 22.9 Å². The van der Waals surface area contributed by atoms with Crippen LogP contribution in [0.15, 0.2) is 58.3 Å². The molecule has 1 atom stereocenters. The van der Waals surface area contributed by atoms with Gasteiger partial charge in [0.05, 0.1) is 4.92 Å². The van der Waals surface area contributed by atoms with Gasteiger partial charge in [0.15, 0.2) is 11.5 Å². The van der Waals surface area contributed by atoms with Crippen LogP contribution in [-0.4, -0.2) is 57.4 Å². The number of anilines is 3. The van der Waals surface area contributed by atoms with Gasteiger partial charge in [-0.2, -0.15) is 0 Å². The third-order valence-corrected chi connectivity index (χ3v) is 5.61. The van der Waals surface area contributed by atoms with E-state index in [1.165, 1.54) is 6.07 Å². The molecule has 0 amide bonds. The average molecular weight is 452 g/mol. The van der Waals surface area contributed by atoms with Crippen LogP contribution >= 0.6 is 0 Å². The number of nitrogen functional groups attached to an aromatic ring is 1. The first-order chi connectivity index (χ1) is 16.0. The molecule has 12 nitrogen and oxygen atoms in total. The lowest BCUT2D eigenvalue weighted by Gasteiger charge is -2.36. The SMILES string of the molecule is C[C@@H](Nc1cc(N2CCN(/C(=N/O)c3nonc3N)CC2)ccc1[N+](=O)[O-])c1ccccc1. The van der Waals surface area contributed by atoms with E-state index in [9.17, 15) is 15.3 Å². The summed E-state index contributed by atoms with van der Waals surface area (Å²) in [4.78, 5) is 15.1. The first-order valence-corrected chi connectivity index (χ1v) is 10.4. The first-order valence-electron chi connectivity index (χ1n) is 10.4. The summed E-state index contributed by atoms with van der Waals surface area (Å²) < 4.78 is 4.60. The lowest BCUT2D eigenvalue weighted by molar-refractivity contribution is -0.384. The standard InChI is InChI=1S/C21H24N8O4/c1-14(15-5-3-2-4-6-15)23-17-13-16(7-8-18(17)29(31)32)27-9-11-28(12-10-27)21(24-30)19-20(22)26-33-25-19/h2-8,13-14,23,30H,9-12H2,1H3,(H2,22,26)/b24-21+/t14-/m1/s1. The molecule has 1 aliphatic heterocycles. The van der Waals surface area contributed by atoms with Crippen LogP contribution in [0.1, 0.15) is 24.2 Å². The van der Waals surface area contributed by atoms with Crippen molar-refractivity contribution >= 4 is 28.7 Å². The molecule has 0 unspecified atom stereocenters. The summed E-state index contributed by atoms with van der Waals surface area (Å²) in [6.07, 6.45) is 0. The number of nitro groups is 1. The van der Waals surface area contributed by atoms with Gasteiger partial charge in [-0.25, -0.2) is 4.63 Å². The number of hydrogen-bond acceptors (Lipinski definition) is 10. The zero-order valence-electron chi connectivity index (χ0n) is 18.0. The fraction of sp³-hybridized carbons (Fsp3) is 0.286. The Kier molecular flexibility index (Phi) is 6.24. The molecule has 4 rings (SSSR count). The van der Waals surface area contributed by atoms with Crippen LogP contribution in [0.2, 0.25) is 0 Å². The topological polar surface area (TPSA) is 159 Å². The summed E-state index contributed by atoms with van der Waals surface area (Å²) >= 11 is 0. The van der Waals surface area contributed by atoms with E-state index < -0.39 is 0 Å². The molecule has 1 aromatic heterocycles. The average Bonchev–Trinajstić information content (AvgIpc) is 3.26. The number of rotatable bonds is 6. The number of piperazine rings is 1. The molecular formula is C21H24N8O4. The van der Waals surface area contributed by atoms with Crippen molar-refractivity contribution in [3.63, 3.8) is 0 Å². The lowest BCUT2D eigenvalue weighted by atomic mass is 10.1. The van der Waals surface area contributed by atoms with Gasteiger partial charge in [0.1, 0.15) is 5.69 Å². The van der Waals surface area contributed by atoms with Crippen molar-refractivity contribution in [3.8, 4) is 0 Å². The Labute approximate surface area is 189 Å². The minimum absolute atomic E-state index is 0.0175. The molecule has 0 bridgehead atoms. The number of oxime groups is 1. The molecule has 12 heteroatoms. The Morgan fingerprint density at radius 2 is 1.94 bits per heavy atom. The molecule has 2 heterocycles. The molecule has 1 fully saturated rings. The lowest BCUT2D eigenvalue weighted by Crippen LogP contribution is -2.49. The van der Waals surface area contributed by atoms with Crippen LogP contribution in [0.3, 0.4) is 0 Å². The Hall–Kier alpha value is -4.35. The highest BCUT2D eigenvalue weighted by molar-refractivity contribution is 6.00. The van der Waals surface area contributed by atoms with Gasteiger partial charge in [-0.3, -0.25) is 10.1 Å². The molecule has 172 valence electrons. The Balaban J connectivity index is 1.50. The van der Waals surface area contributed by atoms with Gasteiger partial charge in [-0.1, -0.05) is 35.5 Å². The van der Waals surface area contributed by atoms with Crippen LogP contribution < -0.4 is 16.0 Å². The fourth-order valence-corrected chi connectivity index (χ4v) is 3.84. The molecule has 1 saturated heterocycles. The van der Waals surface area contributed by atoms with Crippen molar-refractivity contribution in [2.75, 3.05) is 42.1 Å².